The molecule has 1 aromatic rings. The Balaban J connectivity index is 1.97. The molecular formula is C15H21NO2. The van der Waals surface area contributed by atoms with E-state index in [1.54, 1.807) is 0 Å². The van der Waals surface area contributed by atoms with Crippen molar-refractivity contribution in [1.29, 1.82) is 0 Å². The molecule has 0 saturated carbocycles. The third-order valence-corrected chi connectivity index (χ3v) is 3.41. The van der Waals surface area contributed by atoms with Crippen molar-refractivity contribution in [3.63, 3.8) is 0 Å². The molecule has 0 aromatic heterocycles. The van der Waals surface area contributed by atoms with Crippen molar-refractivity contribution in [2.75, 3.05) is 26.2 Å². The van der Waals surface area contributed by atoms with E-state index in [2.05, 4.69) is 30.0 Å². The van der Waals surface area contributed by atoms with Gasteiger partial charge in [0.25, 0.3) is 0 Å². The number of nitrogens with zero attached hydrogens (tertiary/aromatic N) is 1. The van der Waals surface area contributed by atoms with E-state index in [4.69, 9.17) is 4.74 Å². The third kappa shape index (κ3) is 3.33. The Morgan fingerprint density at radius 3 is 2.72 bits per heavy atom. The molecule has 0 fully saturated rings. The number of rotatable bonds is 3. The van der Waals surface area contributed by atoms with Gasteiger partial charge < -0.3 is 4.74 Å². The standard InChI is InChI=1S/C15H21NO2/c1-3-18-15(17)11-16-8-6-13-5-4-12(2)10-14(13)7-9-16/h4-5,10H,3,6-9,11H2,1-2H3. The number of fused-ring (bicyclic) bond motifs is 1. The van der Waals surface area contributed by atoms with Gasteiger partial charge in [0.05, 0.1) is 13.2 Å². The molecular weight excluding hydrogens is 226 g/mol. The Bertz CT molecular complexity index is 429. The van der Waals surface area contributed by atoms with Gasteiger partial charge in [-0.1, -0.05) is 23.8 Å². The van der Waals surface area contributed by atoms with Gasteiger partial charge in [0.2, 0.25) is 0 Å². The van der Waals surface area contributed by atoms with Gasteiger partial charge in [0.15, 0.2) is 0 Å². The first-order chi connectivity index (χ1) is 8.69. The molecule has 0 N–H and O–H groups in total. The molecule has 1 aliphatic heterocycles. The summed E-state index contributed by atoms with van der Waals surface area (Å²) in [5.74, 6) is -0.111. The second-order valence-electron chi connectivity index (χ2n) is 4.85. The second kappa shape index (κ2) is 6.01. The highest BCUT2D eigenvalue weighted by Gasteiger charge is 2.16. The van der Waals surface area contributed by atoms with Gasteiger partial charge in [-0.05, 0) is 37.8 Å². The lowest BCUT2D eigenvalue weighted by Gasteiger charge is -2.18. The molecule has 0 bridgehead atoms. The van der Waals surface area contributed by atoms with E-state index in [0.717, 1.165) is 25.9 Å². The van der Waals surface area contributed by atoms with Gasteiger partial charge >= 0.3 is 5.97 Å². The number of esters is 1. The maximum Gasteiger partial charge on any atom is 0.320 e. The van der Waals surface area contributed by atoms with Crippen molar-refractivity contribution >= 4 is 5.97 Å². The van der Waals surface area contributed by atoms with Crippen LogP contribution in [0.4, 0.5) is 0 Å². The Labute approximate surface area is 109 Å². The summed E-state index contributed by atoms with van der Waals surface area (Å²) in [5, 5.41) is 0. The van der Waals surface area contributed by atoms with Crippen LogP contribution in [0.1, 0.15) is 23.6 Å². The first kappa shape index (κ1) is 13.1. The van der Waals surface area contributed by atoms with Crippen LogP contribution in [0.3, 0.4) is 0 Å². The Kier molecular flexibility index (Phi) is 4.37. The molecule has 1 aromatic carbocycles. The number of ether oxygens (including phenoxy) is 1. The highest BCUT2D eigenvalue weighted by molar-refractivity contribution is 5.71. The van der Waals surface area contributed by atoms with Crippen molar-refractivity contribution in [3.8, 4) is 0 Å². The van der Waals surface area contributed by atoms with Crippen LogP contribution in [-0.2, 0) is 22.4 Å². The quantitative estimate of drug-likeness (QED) is 0.765. The smallest absolute Gasteiger partial charge is 0.320 e. The second-order valence-corrected chi connectivity index (χ2v) is 4.85. The molecule has 0 atom stereocenters. The van der Waals surface area contributed by atoms with E-state index in [0.29, 0.717) is 13.2 Å². The van der Waals surface area contributed by atoms with Crippen LogP contribution in [0.2, 0.25) is 0 Å². The average molecular weight is 247 g/mol. The van der Waals surface area contributed by atoms with Crippen LogP contribution in [0.15, 0.2) is 18.2 Å². The number of hydrogen-bond acceptors (Lipinski definition) is 3. The fourth-order valence-electron chi connectivity index (χ4n) is 2.45. The van der Waals surface area contributed by atoms with Crippen LogP contribution in [0.5, 0.6) is 0 Å². The number of aryl methyl sites for hydroxylation is 1. The maximum atomic E-state index is 11.5. The minimum Gasteiger partial charge on any atom is -0.465 e. The number of carbonyl (C=O) groups excluding carboxylic acids is 1. The summed E-state index contributed by atoms with van der Waals surface area (Å²) >= 11 is 0. The van der Waals surface area contributed by atoms with E-state index in [1.165, 1.54) is 16.7 Å². The minimum atomic E-state index is -0.111. The van der Waals surface area contributed by atoms with Crippen LogP contribution in [0, 0.1) is 6.92 Å². The van der Waals surface area contributed by atoms with E-state index in [9.17, 15) is 4.79 Å². The van der Waals surface area contributed by atoms with Crippen LogP contribution < -0.4 is 0 Å². The van der Waals surface area contributed by atoms with Crippen molar-refractivity contribution in [2.45, 2.75) is 26.7 Å². The summed E-state index contributed by atoms with van der Waals surface area (Å²) in [6.45, 7) is 6.73. The zero-order valence-corrected chi connectivity index (χ0v) is 11.2. The average Bonchev–Trinajstić information content (AvgIpc) is 2.52. The van der Waals surface area contributed by atoms with Crippen LogP contribution >= 0.6 is 0 Å². The van der Waals surface area contributed by atoms with Gasteiger partial charge in [0, 0.05) is 13.1 Å². The lowest BCUT2D eigenvalue weighted by Crippen LogP contribution is -2.33. The number of hydrogen-bond donors (Lipinski definition) is 0. The molecule has 2 rings (SSSR count). The summed E-state index contributed by atoms with van der Waals surface area (Å²) in [6.07, 6.45) is 2.05. The molecule has 3 nitrogen and oxygen atoms in total. The van der Waals surface area contributed by atoms with Gasteiger partial charge in [0.1, 0.15) is 0 Å². The molecule has 0 aliphatic carbocycles. The van der Waals surface area contributed by atoms with Gasteiger partial charge in [-0.15, -0.1) is 0 Å². The number of carbonyl (C=O) groups is 1. The zero-order chi connectivity index (χ0) is 13.0. The molecule has 0 unspecified atom stereocenters. The molecule has 18 heavy (non-hydrogen) atoms. The summed E-state index contributed by atoms with van der Waals surface area (Å²) in [5.41, 5.74) is 4.17. The zero-order valence-electron chi connectivity index (χ0n) is 11.2. The predicted octanol–water partition coefficient (Wildman–Crippen LogP) is 1.96. The number of benzene rings is 1. The third-order valence-electron chi connectivity index (χ3n) is 3.41. The lowest BCUT2D eigenvalue weighted by molar-refractivity contribution is -0.144. The van der Waals surface area contributed by atoms with E-state index in [1.807, 2.05) is 6.92 Å². The summed E-state index contributed by atoms with van der Waals surface area (Å²) in [4.78, 5) is 13.7. The van der Waals surface area contributed by atoms with Gasteiger partial charge in [-0.2, -0.15) is 0 Å². The van der Waals surface area contributed by atoms with Gasteiger partial charge in [-0.3, -0.25) is 9.69 Å². The fourth-order valence-corrected chi connectivity index (χ4v) is 2.45. The van der Waals surface area contributed by atoms with Crippen molar-refractivity contribution in [3.05, 3.63) is 34.9 Å². The molecule has 1 aliphatic rings. The van der Waals surface area contributed by atoms with E-state index in [-0.39, 0.29) is 5.97 Å². The Morgan fingerprint density at radius 2 is 2.00 bits per heavy atom. The lowest BCUT2D eigenvalue weighted by atomic mass is 10.0. The highest BCUT2D eigenvalue weighted by atomic mass is 16.5. The van der Waals surface area contributed by atoms with Crippen molar-refractivity contribution in [2.24, 2.45) is 0 Å². The molecule has 0 amide bonds. The predicted molar refractivity (Wildman–Crippen MR) is 71.7 cm³/mol. The molecule has 1 heterocycles. The van der Waals surface area contributed by atoms with Gasteiger partial charge in [-0.25, -0.2) is 0 Å². The largest absolute Gasteiger partial charge is 0.465 e. The molecule has 0 saturated heterocycles. The normalized spacial score (nSPS) is 15.9. The maximum absolute atomic E-state index is 11.5. The summed E-state index contributed by atoms with van der Waals surface area (Å²) in [6, 6.07) is 6.65. The van der Waals surface area contributed by atoms with Crippen LogP contribution in [-0.4, -0.2) is 37.1 Å². The summed E-state index contributed by atoms with van der Waals surface area (Å²) < 4.78 is 5.00. The monoisotopic (exact) mass is 247 g/mol. The summed E-state index contributed by atoms with van der Waals surface area (Å²) in [7, 11) is 0. The van der Waals surface area contributed by atoms with Crippen molar-refractivity contribution in [1.82, 2.24) is 4.90 Å². The first-order valence-corrected chi connectivity index (χ1v) is 6.65. The van der Waals surface area contributed by atoms with E-state index < -0.39 is 0 Å². The van der Waals surface area contributed by atoms with E-state index >= 15 is 0 Å². The molecule has 0 spiro atoms. The topological polar surface area (TPSA) is 29.5 Å². The SMILES string of the molecule is CCOC(=O)CN1CCc2ccc(C)cc2CC1. The first-order valence-electron chi connectivity index (χ1n) is 6.65. The highest BCUT2D eigenvalue weighted by Crippen LogP contribution is 2.17. The Hall–Kier alpha value is -1.35. The van der Waals surface area contributed by atoms with Crippen molar-refractivity contribution < 1.29 is 9.53 Å². The molecule has 0 radical (unpaired) electrons. The Morgan fingerprint density at radius 1 is 1.28 bits per heavy atom. The molecule has 98 valence electrons. The minimum absolute atomic E-state index is 0.111. The van der Waals surface area contributed by atoms with Crippen LogP contribution in [0.25, 0.3) is 0 Å². The molecule has 3 heteroatoms. The fraction of sp³-hybridized carbons (Fsp3) is 0.533.